The highest BCUT2D eigenvalue weighted by atomic mass is 79.9. The van der Waals surface area contributed by atoms with Crippen LogP contribution >= 0.6 is 15.9 Å². The minimum absolute atomic E-state index is 0.174. The molecule has 0 atom stereocenters. The van der Waals surface area contributed by atoms with Gasteiger partial charge in [-0.1, -0.05) is 0 Å². The van der Waals surface area contributed by atoms with Crippen molar-refractivity contribution in [2.24, 2.45) is 0 Å². The van der Waals surface area contributed by atoms with Crippen molar-refractivity contribution >= 4 is 21.7 Å². The number of nitrogens with one attached hydrogen (secondary N) is 1. The van der Waals surface area contributed by atoms with Crippen molar-refractivity contribution in [2.45, 2.75) is 26.2 Å². The molecular formula is C10H10BrF3N6. The minimum atomic E-state index is -4.20. The predicted molar refractivity (Wildman–Crippen MR) is 68.1 cm³/mol. The number of hydrogen-bond donors (Lipinski definition) is 1. The lowest BCUT2D eigenvalue weighted by Crippen LogP contribution is -2.34. The van der Waals surface area contributed by atoms with Crippen LogP contribution in [0.3, 0.4) is 0 Å². The largest absolute Gasteiger partial charge is 0.390 e. The molecule has 0 aliphatic carbocycles. The topological polar surface area (TPSA) is 62.6 Å². The van der Waals surface area contributed by atoms with Gasteiger partial charge in [-0.3, -0.25) is 0 Å². The maximum absolute atomic E-state index is 12.4. The van der Waals surface area contributed by atoms with E-state index in [2.05, 4.69) is 36.0 Å². The van der Waals surface area contributed by atoms with Crippen LogP contribution in [-0.4, -0.2) is 37.5 Å². The Labute approximate surface area is 120 Å². The molecule has 2 aromatic heterocycles. The minimum Gasteiger partial charge on any atom is -0.335 e. The summed E-state index contributed by atoms with van der Waals surface area (Å²) in [6.45, 7) is 1.76. The number of fused-ring (bicyclic) bond motifs is 3. The Morgan fingerprint density at radius 3 is 2.80 bits per heavy atom. The number of anilines is 1. The molecule has 0 fully saturated rings. The number of H-pyrrole nitrogens is 1. The zero-order valence-electron chi connectivity index (χ0n) is 10.4. The van der Waals surface area contributed by atoms with Gasteiger partial charge in [-0.25, -0.2) is 14.6 Å². The fourth-order valence-corrected chi connectivity index (χ4v) is 2.49. The van der Waals surface area contributed by atoms with Gasteiger partial charge >= 0.3 is 6.18 Å². The third kappa shape index (κ3) is 2.39. The zero-order valence-corrected chi connectivity index (χ0v) is 12.0. The van der Waals surface area contributed by atoms with E-state index in [1.54, 1.807) is 11.6 Å². The lowest BCUT2D eigenvalue weighted by atomic mass is 10.3. The molecule has 0 radical (unpaired) electrons. The number of aromatic amines is 1. The van der Waals surface area contributed by atoms with Crippen LogP contribution in [0, 0.1) is 6.92 Å². The van der Waals surface area contributed by atoms with Crippen LogP contribution < -0.4 is 4.90 Å². The number of nitrogens with zero attached hydrogens (tertiary/aromatic N) is 5. The second kappa shape index (κ2) is 4.47. The zero-order chi connectivity index (χ0) is 14.5. The van der Waals surface area contributed by atoms with Gasteiger partial charge in [0.05, 0.1) is 6.42 Å². The number of hydrogen-bond acceptors (Lipinski definition) is 4. The van der Waals surface area contributed by atoms with Gasteiger partial charge in [-0.2, -0.15) is 18.3 Å². The van der Waals surface area contributed by atoms with Crippen molar-refractivity contribution in [2.75, 3.05) is 11.4 Å². The normalized spacial score (nSPS) is 14.3. The standard InChI is InChI=1S/C10H10BrF3N6/c1-5-15-8-6-7(17-9(11)16-6)19(4-20(8)18-5)3-2-10(12,13)14/h2-4H2,1H3,(H,16,17). The van der Waals surface area contributed by atoms with Crippen LogP contribution in [-0.2, 0) is 6.67 Å². The molecule has 1 N–H and O–H groups in total. The van der Waals surface area contributed by atoms with Crippen molar-refractivity contribution in [3.63, 3.8) is 0 Å². The first kappa shape index (κ1) is 13.4. The highest BCUT2D eigenvalue weighted by Crippen LogP contribution is 2.34. The van der Waals surface area contributed by atoms with Crippen molar-refractivity contribution in [3.05, 3.63) is 10.6 Å². The summed E-state index contributed by atoms with van der Waals surface area (Å²) >= 11 is 3.20. The molecule has 0 bridgehead atoms. The van der Waals surface area contributed by atoms with E-state index in [1.807, 2.05) is 0 Å². The average molecular weight is 351 g/mol. The number of rotatable bonds is 2. The Bertz CT molecular complexity index is 646. The Balaban J connectivity index is 1.95. The molecule has 0 saturated carbocycles. The van der Waals surface area contributed by atoms with Crippen molar-refractivity contribution in [1.29, 1.82) is 0 Å². The monoisotopic (exact) mass is 350 g/mol. The van der Waals surface area contributed by atoms with E-state index in [0.717, 1.165) is 0 Å². The lowest BCUT2D eigenvalue weighted by molar-refractivity contribution is -0.132. The Hall–Kier alpha value is -1.58. The molecule has 1 aliphatic rings. The first-order valence-electron chi connectivity index (χ1n) is 5.82. The molecule has 1 aliphatic heterocycles. The lowest BCUT2D eigenvalue weighted by Gasteiger charge is -2.27. The molecule has 6 nitrogen and oxygen atoms in total. The molecule has 10 heteroatoms. The van der Waals surface area contributed by atoms with Crippen LogP contribution in [0.5, 0.6) is 0 Å². The smallest absolute Gasteiger partial charge is 0.335 e. The van der Waals surface area contributed by atoms with E-state index in [9.17, 15) is 13.2 Å². The maximum atomic E-state index is 12.4. The SMILES string of the molecule is Cc1nc2n(n1)CN(CCC(F)(F)F)c1nc(Br)[nH]c1-2. The van der Waals surface area contributed by atoms with Gasteiger partial charge in [-0.05, 0) is 22.9 Å². The molecule has 108 valence electrons. The fraction of sp³-hybridized carbons (Fsp3) is 0.500. The van der Waals surface area contributed by atoms with E-state index >= 15 is 0 Å². The molecule has 0 amide bonds. The van der Waals surface area contributed by atoms with Gasteiger partial charge in [0.1, 0.15) is 18.2 Å². The van der Waals surface area contributed by atoms with Gasteiger partial charge in [-0.15, -0.1) is 0 Å². The van der Waals surface area contributed by atoms with E-state index in [1.165, 1.54) is 4.90 Å². The molecular weight excluding hydrogens is 341 g/mol. The quantitative estimate of drug-likeness (QED) is 0.903. The number of alkyl halides is 3. The van der Waals surface area contributed by atoms with Crippen LogP contribution in [0.4, 0.5) is 19.0 Å². The summed E-state index contributed by atoms with van der Waals surface area (Å²) in [5.41, 5.74) is 0.575. The summed E-state index contributed by atoms with van der Waals surface area (Å²) in [6, 6.07) is 0. The summed E-state index contributed by atoms with van der Waals surface area (Å²) < 4.78 is 39.2. The Morgan fingerprint density at radius 2 is 2.10 bits per heavy atom. The van der Waals surface area contributed by atoms with Crippen LogP contribution in [0.2, 0.25) is 0 Å². The molecule has 0 saturated heterocycles. The van der Waals surface area contributed by atoms with Crippen LogP contribution in [0.15, 0.2) is 4.73 Å². The third-order valence-corrected chi connectivity index (χ3v) is 3.30. The van der Waals surface area contributed by atoms with Gasteiger partial charge in [0.25, 0.3) is 0 Å². The number of imidazole rings is 1. The van der Waals surface area contributed by atoms with Gasteiger partial charge in [0.2, 0.25) is 0 Å². The summed E-state index contributed by atoms with van der Waals surface area (Å²) in [4.78, 5) is 12.9. The summed E-state index contributed by atoms with van der Waals surface area (Å²) in [5, 5.41) is 4.17. The van der Waals surface area contributed by atoms with E-state index in [4.69, 9.17) is 0 Å². The summed E-state index contributed by atoms with van der Waals surface area (Å²) in [6.07, 6.45) is -5.10. The van der Waals surface area contributed by atoms with Crippen molar-refractivity contribution in [3.8, 4) is 11.5 Å². The average Bonchev–Trinajstić information content (AvgIpc) is 2.86. The first-order valence-corrected chi connectivity index (χ1v) is 6.62. The van der Waals surface area contributed by atoms with Crippen LogP contribution in [0.1, 0.15) is 12.2 Å². The highest BCUT2D eigenvalue weighted by molar-refractivity contribution is 9.10. The Kier molecular flexibility index (Phi) is 3.00. The number of halogens is 4. The number of aromatic nitrogens is 5. The van der Waals surface area contributed by atoms with Crippen molar-refractivity contribution < 1.29 is 13.2 Å². The molecule has 0 spiro atoms. The fourth-order valence-electron chi connectivity index (χ4n) is 2.13. The molecule has 2 aromatic rings. The highest BCUT2D eigenvalue weighted by Gasteiger charge is 2.32. The second-order valence-electron chi connectivity index (χ2n) is 4.48. The molecule has 0 aromatic carbocycles. The second-order valence-corrected chi connectivity index (χ2v) is 5.23. The number of aryl methyl sites for hydroxylation is 1. The van der Waals surface area contributed by atoms with E-state index in [-0.39, 0.29) is 13.2 Å². The Morgan fingerprint density at radius 1 is 1.35 bits per heavy atom. The first-order chi connectivity index (χ1) is 9.33. The van der Waals surface area contributed by atoms with Gasteiger partial charge in [0.15, 0.2) is 16.4 Å². The summed E-state index contributed by atoms with van der Waals surface area (Å²) in [5.74, 6) is 1.61. The van der Waals surface area contributed by atoms with Gasteiger partial charge in [0, 0.05) is 6.54 Å². The van der Waals surface area contributed by atoms with E-state index in [0.29, 0.717) is 27.9 Å². The summed E-state index contributed by atoms with van der Waals surface area (Å²) in [7, 11) is 0. The van der Waals surface area contributed by atoms with Gasteiger partial charge < -0.3 is 9.88 Å². The molecule has 3 heterocycles. The molecule has 0 unspecified atom stereocenters. The van der Waals surface area contributed by atoms with Crippen molar-refractivity contribution in [1.82, 2.24) is 24.7 Å². The maximum Gasteiger partial charge on any atom is 0.390 e. The molecule has 3 rings (SSSR count). The van der Waals surface area contributed by atoms with E-state index < -0.39 is 12.6 Å². The third-order valence-electron chi connectivity index (χ3n) is 2.93. The van der Waals surface area contributed by atoms with Crippen LogP contribution in [0.25, 0.3) is 11.5 Å². The molecule has 20 heavy (non-hydrogen) atoms. The predicted octanol–water partition coefficient (Wildman–Crippen LogP) is 2.47.